The molecule has 0 bridgehead atoms. The van der Waals surface area contributed by atoms with Crippen molar-refractivity contribution < 1.29 is 9.53 Å². The first-order valence-corrected chi connectivity index (χ1v) is 6.96. The maximum absolute atomic E-state index is 12.5. The number of amides is 1. The summed E-state index contributed by atoms with van der Waals surface area (Å²) < 4.78 is 5.66. The molecular weight excluding hydrogens is 238 g/mol. The molecule has 3 nitrogen and oxygen atoms in total. The fourth-order valence-corrected chi connectivity index (χ4v) is 2.82. The van der Waals surface area contributed by atoms with Gasteiger partial charge in [-0.15, -0.1) is 0 Å². The molecule has 0 radical (unpaired) electrons. The molecule has 100 valence electrons. The highest BCUT2D eigenvalue weighted by Gasteiger charge is 2.25. The lowest BCUT2D eigenvalue weighted by atomic mass is 9.99. The summed E-state index contributed by atoms with van der Waals surface area (Å²) in [5.74, 6) is 1.61. The third-order valence-electron chi connectivity index (χ3n) is 3.85. The summed E-state index contributed by atoms with van der Waals surface area (Å²) in [6.45, 7) is 4.35. The van der Waals surface area contributed by atoms with Gasteiger partial charge in [-0.25, -0.2) is 0 Å². The Kier molecular flexibility index (Phi) is 3.28. The van der Waals surface area contributed by atoms with Crippen LogP contribution in [0.5, 0.6) is 5.75 Å². The Morgan fingerprint density at radius 1 is 1.37 bits per heavy atom. The summed E-state index contributed by atoms with van der Waals surface area (Å²) in [7, 11) is 0. The van der Waals surface area contributed by atoms with E-state index in [1.54, 1.807) is 0 Å². The van der Waals surface area contributed by atoms with Gasteiger partial charge in [0, 0.05) is 18.7 Å². The van der Waals surface area contributed by atoms with Crippen LogP contribution in [0.1, 0.15) is 25.3 Å². The van der Waals surface area contributed by atoms with E-state index in [-0.39, 0.29) is 5.91 Å². The second-order valence-corrected chi connectivity index (χ2v) is 5.49. The number of carbonyl (C=O) groups is 1. The summed E-state index contributed by atoms with van der Waals surface area (Å²) >= 11 is 0. The molecule has 1 unspecified atom stereocenters. The molecular formula is C16H19NO2. The van der Waals surface area contributed by atoms with Crippen molar-refractivity contribution in [1.82, 2.24) is 4.90 Å². The highest BCUT2D eigenvalue weighted by Crippen LogP contribution is 2.27. The Morgan fingerprint density at radius 2 is 2.21 bits per heavy atom. The largest absolute Gasteiger partial charge is 0.488 e. The summed E-state index contributed by atoms with van der Waals surface area (Å²) in [4.78, 5) is 14.5. The highest BCUT2D eigenvalue weighted by molar-refractivity contribution is 5.99. The van der Waals surface area contributed by atoms with Crippen molar-refractivity contribution in [3.05, 3.63) is 35.4 Å². The number of benzene rings is 1. The lowest BCUT2D eigenvalue weighted by Gasteiger charge is -2.32. The first kappa shape index (κ1) is 12.3. The maximum Gasteiger partial charge on any atom is 0.253 e. The van der Waals surface area contributed by atoms with Crippen LogP contribution in [0, 0.1) is 5.92 Å². The SMILES string of the molecule is CC1CCCN(C(=O)C2=Cc3ccccc3OC2)C1. The number of carbonyl (C=O) groups excluding carboxylic acids is 1. The zero-order valence-electron chi connectivity index (χ0n) is 11.3. The topological polar surface area (TPSA) is 29.5 Å². The van der Waals surface area contributed by atoms with Gasteiger partial charge in [0.2, 0.25) is 0 Å². The number of ether oxygens (including phenoxy) is 1. The Hall–Kier alpha value is -1.77. The predicted octanol–water partition coefficient (Wildman–Crippen LogP) is 2.72. The van der Waals surface area contributed by atoms with Crippen LogP contribution >= 0.6 is 0 Å². The van der Waals surface area contributed by atoms with Crippen LogP contribution < -0.4 is 4.74 Å². The summed E-state index contributed by atoms with van der Waals surface area (Å²) in [5.41, 5.74) is 1.77. The van der Waals surface area contributed by atoms with Crippen molar-refractivity contribution in [2.75, 3.05) is 19.7 Å². The maximum atomic E-state index is 12.5. The first-order valence-electron chi connectivity index (χ1n) is 6.96. The standard InChI is InChI=1S/C16H19NO2/c1-12-5-4-8-17(10-12)16(18)14-9-13-6-2-3-7-15(13)19-11-14/h2-3,6-7,9,12H,4-5,8,10-11H2,1H3. The van der Waals surface area contributed by atoms with Crippen molar-refractivity contribution in [2.24, 2.45) is 5.92 Å². The van der Waals surface area contributed by atoms with Gasteiger partial charge >= 0.3 is 0 Å². The molecule has 0 saturated carbocycles. The van der Waals surface area contributed by atoms with E-state index >= 15 is 0 Å². The second kappa shape index (κ2) is 5.08. The van der Waals surface area contributed by atoms with Gasteiger partial charge in [0.05, 0.1) is 5.57 Å². The van der Waals surface area contributed by atoms with Crippen LogP contribution in [-0.4, -0.2) is 30.5 Å². The number of likely N-dealkylation sites (tertiary alicyclic amines) is 1. The summed E-state index contributed by atoms with van der Waals surface area (Å²) in [5, 5.41) is 0. The zero-order chi connectivity index (χ0) is 13.2. The second-order valence-electron chi connectivity index (χ2n) is 5.49. The van der Waals surface area contributed by atoms with E-state index in [1.165, 1.54) is 6.42 Å². The predicted molar refractivity (Wildman–Crippen MR) is 74.9 cm³/mol. The number of nitrogens with zero attached hydrogens (tertiary/aromatic N) is 1. The molecule has 0 N–H and O–H groups in total. The van der Waals surface area contributed by atoms with E-state index < -0.39 is 0 Å². The van der Waals surface area contributed by atoms with Crippen molar-refractivity contribution in [2.45, 2.75) is 19.8 Å². The molecule has 1 fully saturated rings. The zero-order valence-corrected chi connectivity index (χ0v) is 11.3. The van der Waals surface area contributed by atoms with Gasteiger partial charge in [0.25, 0.3) is 5.91 Å². The van der Waals surface area contributed by atoms with Gasteiger partial charge in [0.1, 0.15) is 12.4 Å². The molecule has 0 aromatic heterocycles. The number of para-hydroxylation sites is 1. The highest BCUT2D eigenvalue weighted by atomic mass is 16.5. The lowest BCUT2D eigenvalue weighted by Crippen LogP contribution is -2.41. The summed E-state index contributed by atoms with van der Waals surface area (Å²) in [6, 6.07) is 7.84. The fourth-order valence-electron chi connectivity index (χ4n) is 2.82. The van der Waals surface area contributed by atoms with Gasteiger partial charge in [0.15, 0.2) is 0 Å². The van der Waals surface area contributed by atoms with Crippen LogP contribution in [0.2, 0.25) is 0 Å². The van der Waals surface area contributed by atoms with Crippen molar-refractivity contribution >= 4 is 12.0 Å². The minimum absolute atomic E-state index is 0.140. The minimum Gasteiger partial charge on any atom is -0.488 e. The average molecular weight is 257 g/mol. The molecule has 2 aliphatic rings. The lowest BCUT2D eigenvalue weighted by molar-refractivity contribution is -0.129. The van der Waals surface area contributed by atoms with Crippen molar-refractivity contribution in [3.8, 4) is 5.75 Å². The quantitative estimate of drug-likeness (QED) is 0.774. The van der Waals surface area contributed by atoms with Crippen molar-refractivity contribution in [3.63, 3.8) is 0 Å². The third-order valence-corrected chi connectivity index (χ3v) is 3.85. The van der Waals surface area contributed by atoms with E-state index in [4.69, 9.17) is 4.74 Å². The average Bonchev–Trinajstić information content (AvgIpc) is 2.46. The number of rotatable bonds is 1. The van der Waals surface area contributed by atoms with Crippen LogP contribution in [0.4, 0.5) is 0 Å². The van der Waals surface area contributed by atoms with Crippen LogP contribution in [0.3, 0.4) is 0 Å². The van der Waals surface area contributed by atoms with Gasteiger partial charge in [-0.3, -0.25) is 4.79 Å². The molecule has 2 heterocycles. The molecule has 19 heavy (non-hydrogen) atoms. The minimum atomic E-state index is 0.140. The molecule has 1 amide bonds. The van der Waals surface area contributed by atoms with Gasteiger partial charge in [-0.05, 0) is 30.9 Å². The molecule has 2 aliphatic heterocycles. The van der Waals surface area contributed by atoms with E-state index in [0.29, 0.717) is 12.5 Å². The fraction of sp³-hybridized carbons (Fsp3) is 0.438. The third kappa shape index (κ3) is 2.50. The molecule has 1 aromatic rings. The molecule has 1 atom stereocenters. The van der Waals surface area contributed by atoms with Crippen LogP contribution in [-0.2, 0) is 4.79 Å². The van der Waals surface area contributed by atoms with Gasteiger partial charge in [-0.2, -0.15) is 0 Å². The van der Waals surface area contributed by atoms with E-state index in [2.05, 4.69) is 6.92 Å². The van der Waals surface area contributed by atoms with E-state index in [0.717, 1.165) is 36.4 Å². The van der Waals surface area contributed by atoms with Gasteiger partial charge < -0.3 is 9.64 Å². The molecule has 3 rings (SSSR count). The Balaban J connectivity index is 1.80. The number of piperidine rings is 1. The Morgan fingerprint density at radius 3 is 3.05 bits per heavy atom. The normalized spacial score (nSPS) is 22.3. The van der Waals surface area contributed by atoms with Crippen molar-refractivity contribution in [1.29, 1.82) is 0 Å². The van der Waals surface area contributed by atoms with E-state index in [9.17, 15) is 4.79 Å². The number of hydrogen-bond acceptors (Lipinski definition) is 2. The van der Waals surface area contributed by atoms with Crippen LogP contribution in [0.15, 0.2) is 29.8 Å². The van der Waals surface area contributed by atoms with E-state index in [1.807, 2.05) is 35.2 Å². The molecule has 0 aliphatic carbocycles. The number of hydrogen-bond donors (Lipinski definition) is 0. The Labute approximate surface area is 113 Å². The molecule has 1 saturated heterocycles. The van der Waals surface area contributed by atoms with Gasteiger partial charge in [-0.1, -0.05) is 25.1 Å². The first-order chi connectivity index (χ1) is 9.24. The van der Waals surface area contributed by atoms with Crippen LogP contribution in [0.25, 0.3) is 6.08 Å². The molecule has 1 aromatic carbocycles. The monoisotopic (exact) mass is 257 g/mol. The smallest absolute Gasteiger partial charge is 0.253 e. The summed E-state index contributed by atoms with van der Waals surface area (Å²) in [6.07, 6.45) is 4.31. The number of fused-ring (bicyclic) bond motifs is 1. The molecule has 0 spiro atoms. The molecule has 3 heteroatoms. The Bertz CT molecular complexity index is 521.